The number of H-pyrrole nitrogens is 1. The van der Waals surface area contributed by atoms with E-state index in [0.29, 0.717) is 0 Å². The quantitative estimate of drug-likeness (QED) is 0.824. The SMILES string of the molecule is CC1(C)CC(C)(C)c2c1cc1[nH]ncc1c2NC=C(C#N)C#N. The lowest BCUT2D eigenvalue weighted by atomic mass is 9.81. The Balaban J connectivity index is 2.29. The minimum Gasteiger partial charge on any atom is -0.359 e. The Morgan fingerprint density at radius 1 is 1.26 bits per heavy atom. The predicted molar refractivity (Wildman–Crippen MR) is 89.7 cm³/mol. The highest BCUT2D eigenvalue weighted by atomic mass is 15.1. The van der Waals surface area contributed by atoms with Gasteiger partial charge in [-0.05, 0) is 34.4 Å². The van der Waals surface area contributed by atoms with E-state index in [2.05, 4.69) is 49.3 Å². The lowest BCUT2D eigenvalue weighted by Crippen LogP contribution is -2.18. The van der Waals surface area contributed by atoms with E-state index in [9.17, 15) is 0 Å². The maximum atomic E-state index is 8.96. The van der Waals surface area contributed by atoms with Crippen molar-refractivity contribution in [3.05, 3.63) is 35.2 Å². The van der Waals surface area contributed by atoms with Gasteiger partial charge < -0.3 is 5.32 Å². The molecule has 1 aromatic heterocycles. The zero-order valence-electron chi connectivity index (χ0n) is 13.8. The molecule has 0 bridgehead atoms. The molecule has 5 nitrogen and oxygen atoms in total. The molecular formula is C18H19N5. The van der Waals surface area contributed by atoms with Gasteiger partial charge in [-0.3, -0.25) is 5.10 Å². The predicted octanol–water partition coefficient (Wildman–Crippen LogP) is 3.86. The van der Waals surface area contributed by atoms with Gasteiger partial charge in [0.25, 0.3) is 0 Å². The third-order valence-electron chi connectivity index (χ3n) is 4.64. The second-order valence-electron chi connectivity index (χ2n) is 7.38. The van der Waals surface area contributed by atoms with Gasteiger partial charge in [0.05, 0.1) is 17.4 Å². The standard InChI is InChI=1S/C18H19N5/c1-17(2)10-18(3,4)15-13(17)5-14-12(9-22-23-14)16(15)21-8-11(6-19)7-20/h5,8-9,21H,10H2,1-4H3,(H,22,23). The van der Waals surface area contributed by atoms with Crippen LogP contribution in [0.3, 0.4) is 0 Å². The number of nitrogens with zero attached hydrogens (tertiary/aromatic N) is 3. The van der Waals surface area contributed by atoms with E-state index in [0.717, 1.165) is 23.0 Å². The molecule has 0 fully saturated rings. The summed E-state index contributed by atoms with van der Waals surface area (Å²) in [6, 6.07) is 5.94. The van der Waals surface area contributed by atoms with Crippen LogP contribution in [0.15, 0.2) is 24.0 Å². The smallest absolute Gasteiger partial charge is 0.145 e. The minimum atomic E-state index is -0.0000829. The second-order valence-corrected chi connectivity index (χ2v) is 7.38. The average molecular weight is 305 g/mol. The number of benzene rings is 1. The molecule has 5 heteroatoms. The molecule has 23 heavy (non-hydrogen) atoms. The largest absolute Gasteiger partial charge is 0.359 e. The molecule has 0 saturated heterocycles. The van der Waals surface area contributed by atoms with Crippen molar-refractivity contribution in [3.63, 3.8) is 0 Å². The fourth-order valence-corrected chi connectivity index (χ4v) is 4.00. The summed E-state index contributed by atoms with van der Waals surface area (Å²) in [5.74, 6) is 0. The van der Waals surface area contributed by atoms with Gasteiger partial charge >= 0.3 is 0 Å². The maximum absolute atomic E-state index is 8.96. The van der Waals surface area contributed by atoms with Gasteiger partial charge in [-0.1, -0.05) is 27.7 Å². The van der Waals surface area contributed by atoms with Crippen LogP contribution in [0, 0.1) is 22.7 Å². The second kappa shape index (κ2) is 4.86. The van der Waals surface area contributed by atoms with Crippen LogP contribution in [0.1, 0.15) is 45.2 Å². The number of hydrogen-bond donors (Lipinski definition) is 2. The molecule has 0 saturated carbocycles. The molecule has 0 radical (unpaired) electrons. The number of aromatic amines is 1. The summed E-state index contributed by atoms with van der Waals surface area (Å²) in [4.78, 5) is 0. The van der Waals surface area contributed by atoms with Crippen LogP contribution in [0.2, 0.25) is 0 Å². The number of allylic oxidation sites excluding steroid dienone is 1. The van der Waals surface area contributed by atoms with Crippen LogP contribution in [0.4, 0.5) is 5.69 Å². The van der Waals surface area contributed by atoms with Crippen molar-refractivity contribution in [2.75, 3.05) is 5.32 Å². The van der Waals surface area contributed by atoms with Gasteiger partial charge in [-0.15, -0.1) is 0 Å². The number of aromatic nitrogens is 2. The van der Waals surface area contributed by atoms with Crippen LogP contribution >= 0.6 is 0 Å². The molecule has 3 rings (SSSR count). The fourth-order valence-electron chi connectivity index (χ4n) is 4.00. The van der Waals surface area contributed by atoms with Crippen molar-refractivity contribution >= 4 is 16.6 Å². The maximum Gasteiger partial charge on any atom is 0.145 e. The molecule has 0 amide bonds. The molecule has 1 heterocycles. The number of hydrogen-bond acceptors (Lipinski definition) is 4. The van der Waals surface area contributed by atoms with Crippen molar-refractivity contribution in [2.24, 2.45) is 0 Å². The summed E-state index contributed by atoms with van der Waals surface area (Å²) in [6.45, 7) is 8.96. The van der Waals surface area contributed by atoms with E-state index < -0.39 is 0 Å². The van der Waals surface area contributed by atoms with Gasteiger partial charge in [0.1, 0.15) is 17.7 Å². The Morgan fingerprint density at radius 3 is 2.61 bits per heavy atom. The highest BCUT2D eigenvalue weighted by molar-refractivity contribution is 5.96. The highest BCUT2D eigenvalue weighted by Crippen LogP contribution is 2.53. The normalized spacial score (nSPS) is 17.1. The molecule has 116 valence electrons. The van der Waals surface area contributed by atoms with E-state index in [-0.39, 0.29) is 16.4 Å². The van der Waals surface area contributed by atoms with Crippen LogP contribution in [-0.4, -0.2) is 10.2 Å². The lowest BCUT2D eigenvalue weighted by molar-refractivity contribution is 0.403. The molecule has 0 unspecified atom stereocenters. The monoisotopic (exact) mass is 305 g/mol. The number of nitrogens with one attached hydrogen (secondary N) is 2. The van der Waals surface area contributed by atoms with Crippen LogP contribution < -0.4 is 5.32 Å². The summed E-state index contributed by atoms with van der Waals surface area (Å²) < 4.78 is 0. The molecule has 1 aromatic carbocycles. The van der Waals surface area contributed by atoms with Crippen LogP contribution in [0.25, 0.3) is 10.9 Å². The van der Waals surface area contributed by atoms with Crippen molar-refractivity contribution in [2.45, 2.75) is 44.9 Å². The first-order chi connectivity index (χ1) is 10.8. The third kappa shape index (κ3) is 2.26. The molecule has 1 aliphatic rings. The number of rotatable bonds is 2. The average Bonchev–Trinajstić information content (AvgIpc) is 3.00. The van der Waals surface area contributed by atoms with E-state index in [1.165, 1.54) is 17.3 Å². The Labute approximate surface area is 135 Å². The van der Waals surface area contributed by atoms with Crippen molar-refractivity contribution in [3.8, 4) is 12.1 Å². The summed E-state index contributed by atoms with van der Waals surface area (Å²) in [7, 11) is 0. The summed E-state index contributed by atoms with van der Waals surface area (Å²) in [6.07, 6.45) is 4.30. The van der Waals surface area contributed by atoms with Gasteiger partial charge in [0, 0.05) is 11.6 Å². The Hall–Kier alpha value is -2.79. The molecule has 2 N–H and O–H groups in total. The Bertz CT molecular complexity index is 884. The summed E-state index contributed by atoms with van der Waals surface area (Å²) in [5.41, 5.74) is 4.53. The van der Waals surface area contributed by atoms with E-state index >= 15 is 0 Å². The van der Waals surface area contributed by atoms with Gasteiger partial charge in [-0.25, -0.2) is 0 Å². The van der Waals surface area contributed by atoms with Crippen LogP contribution in [0.5, 0.6) is 0 Å². The van der Waals surface area contributed by atoms with Crippen molar-refractivity contribution in [1.82, 2.24) is 10.2 Å². The number of nitriles is 2. The highest BCUT2D eigenvalue weighted by Gasteiger charge is 2.44. The van der Waals surface area contributed by atoms with E-state index in [1.54, 1.807) is 6.20 Å². The molecule has 2 aromatic rings. The summed E-state index contributed by atoms with van der Waals surface area (Å²) >= 11 is 0. The van der Waals surface area contributed by atoms with Gasteiger partial charge in [-0.2, -0.15) is 15.6 Å². The zero-order valence-corrected chi connectivity index (χ0v) is 13.8. The van der Waals surface area contributed by atoms with Gasteiger partial charge in [0.15, 0.2) is 0 Å². The first kappa shape index (κ1) is 15.1. The lowest BCUT2D eigenvalue weighted by Gasteiger charge is -2.23. The minimum absolute atomic E-state index is 0.0000829. The fraction of sp³-hybridized carbons (Fsp3) is 0.389. The Kier molecular flexibility index (Phi) is 3.19. The third-order valence-corrected chi connectivity index (χ3v) is 4.64. The van der Waals surface area contributed by atoms with Crippen LogP contribution in [-0.2, 0) is 10.8 Å². The zero-order chi connectivity index (χ0) is 16.8. The number of fused-ring (bicyclic) bond motifs is 2. The molecule has 1 aliphatic carbocycles. The van der Waals surface area contributed by atoms with E-state index in [1.807, 2.05) is 12.1 Å². The number of anilines is 1. The first-order valence-corrected chi connectivity index (χ1v) is 7.58. The molecule has 0 atom stereocenters. The topological polar surface area (TPSA) is 88.3 Å². The van der Waals surface area contributed by atoms with Crippen molar-refractivity contribution < 1.29 is 0 Å². The first-order valence-electron chi connectivity index (χ1n) is 7.58. The van der Waals surface area contributed by atoms with E-state index in [4.69, 9.17) is 10.5 Å². The van der Waals surface area contributed by atoms with Crippen molar-refractivity contribution in [1.29, 1.82) is 10.5 Å². The molecule has 0 spiro atoms. The van der Waals surface area contributed by atoms with Gasteiger partial charge in [0.2, 0.25) is 0 Å². The molecular weight excluding hydrogens is 286 g/mol. The molecule has 0 aliphatic heterocycles. The Morgan fingerprint density at radius 2 is 1.96 bits per heavy atom. The summed E-state index contributed by atoms with van der Waals surface area (Å²) in [5, 5.41) is 29.3.